The van der Waals surface area contributed by atoms with Gasteiger partial charge in [-0.25, -0.2) is 4.79 Å². The molecule has 0 unspecified atom stereocenters. The molecule has 0 fully saturated rings. The van der Waals surface area contributed by atoms with E-state index in [1.54, 1.807) is 6.08 Å². The topological polar surface area (TPSA) is 37.3 Å². The number of carboxylic acids is 1. The van der Waals surface area contributed by atoms with Crippen LogP contribution in [0.3, 0.4) is 0 Å². The molecular weight excluding hydrogens is 236 g/mol. The Balaban J connectivity index is 2.30. The Morgan fingerprint density at radius 3 is 2.32 bits per heavy atom. The van der Waals surface area contributed by atoms with Gasteiger partial charge in [-0.2, -0.15) is 0 Å². The fourth-order valence-electron chi connectivity index (χ4n) is 1.82. The molecule has 0 aliphatic carbocycles. The van der Waals surface area contributed by atoms with E-state index in [-0.39, 0.29) is 0 Å². The SMILES string of the molecule is O=C(O)/C=C/C=C/c1ccccc1-c1ccccc1. The summed E-state index contributed by atoms with van der Waals surface area (Å²) in [6.07, 6.45) is 6.27. The molecule has 0 aliphatic rings. The highest BCUT2D eigenvalue weighted by Crippen LogP contribution is 2.24. The Morgan fingerprint density at radius 1 is 0.895 bits per heavy atom. The summed E-state index contributed by atoms with van der Waals surface area (Å²) in [5.74, 6) is -0.944. The second-order valence-electron chi connectivity index (χ2n) is 4.01. The summed E-state index contributed by atoms with van der Waals surface area (Å²) in [6.45, 7) is 0. The minimum absolute atomic E-state index is 0.944. The van der Waals surface area contributed by atoms with Crippen molar-refractivity contribution in [2.24, 2.45) is 0 Å². The maximum atomic E-state index is 10.4. The lowest BCUT2D eigenvalue weighted by Crippen LogP contribution is -1.84. The van der Waals surface area contributed by atoms with Gasteiger partial charge in [-0.1, -0.05) is 72.8 Å². The minimum Gasteiger partial charge on any atom is -0.478 e. The van der Waals surface area contributed by atoms with Gasteiger partial charge < -0.3 is 5.11 Å². The van der Waals surface area contributed by atoms with E-state index in [2.05, 4.69) is 18.2 Å². The summed E-state index contributed by atoms with van der Waals surface area (Å²) in [7, 11) is 0. The molecule has 0 atom stereocenters. The molecule has 2 aromatic rings. The van der Waals surface area contributed by atoms with Gasteiger partial charge >= 0.3 is 5.97 Å². The van der Waals surface area contributed by atoms with Crippen molar-refractivity contribution < 1.29 is 9.90 Å². The molecule has 19 heavy (non-hydrogen) atoms. The highest BCUT2D eigenvalue weighted by molar-refractivity contribution is 5.81. The van der Waals surface area contributed by atoms with Crippen molar-refractivity contribution in [3.63, 3.8) is 0 Å². The monoisotopic (exact) mass is 250 g/mol. The van der Waals surface area contributed by atoms with E-state index < -0.39 is 5.97 Å². The fourth-order valence-corrected chi connectivity index (χ4v) is 1.82. The highest BCUT2D eigenvalue weighted by atomic mass is 16.4. The van der Waals surface area contributed by atoms with Crippen molar-refractivity contribution in [1.29, 1.82) is 0 Å². The first-order valence-corrected chi connectivity index (χ1v) is 5.99. The molecule has 2 aromatic carbocycles. The van der Waals surface area contributed by atoms with Gasteiger partial charge in [0.05, 0.1) is 0 Å². The molecule has 2 nitrogen and oxygen atoms in total. The second-order valence-corrected chi connectivity index (χ2v) is 4.01. The number of carboxylic acid groups (broad SMARTS) is 1. The molecule has 0 aromatic heterocycles. The molecule has 0 amide bonds. The largest absolute Gasteiger partial charge is 0.478 e. The quantitative estimate of drug-likeness (QED) is 0.657. The van der Waals surface area contributed by atoms with Crippen LogP contribution < -0.4 is 0 Å². The van der Waals surface area contributed by atoms with E-state index in [9.17, 15) is 4.79 Å². The third-order valence-electron chi connectivity index (χ3n) is 2.67. The first-order valence-electron chi connectivity index (χ1n) is 5.99. The molecule has 2 rings (SSSR count). The minimum atomic E-state index is -0.944. The predicted molar refractivity (Wildman–Crippen MR) is 77.7 cm³/mol. The van der Waals surface area contributed by atoms with Crippen LogP contribution in [0.4, 0.5) is 0 Å². The molecule has 0 bridgehead atoms. The second kappa shape index (κ2) is 6.36. The van der Waals surface area contributed by atoms with Crippen molar-refractivity contribution in [3.05, 3.63) is 78.4 Å². The Morgan fingerprint density at radius 2 is 1.58 bits per heavy atom. The smallest absolute Gasteiger partial charge is 0.328 e. The molecule has 2 heteroatoms. The summed E-state index contributed by atoms with van der Waals surface area (Å²) in [5.41, 5.74) is 3.33. The van der Waals surface area contributed by atoms with Crippen LogP contribution in [-0.4, -0.2) is 11.1 Å². The van der Waals surface area contributed by atoms with E-state index >= 15 is 0 Å². The van der Waals surface area contributed by atoms with Gasteiger partial charge in [0.2, 0.25) is 0 Å². The van der Waals surface area contributed by atoms with Crippen molar-refractivity contribution in [2.45, 2.75) is 0 Å². The highest BCUT2D eigenvalue weighted by Gasteiger charge is 2.00. The number of hydrogen-bond donors (Lipinski definition) is 1. The molecule has 0 spiro atoms. The summed E-state index contributed by atoms with van der Waals surface area (Å²) in [6, 6.07) is 18.1. The number of rotatable bonds is 4. The van der Waals surface area contributed by atoms with Crippen LogP contribution in [0.15, 0.2) is 72.8 Å². The van der Waals surface area contributed by atoms with Gasteiger partial charge in [-0.15, -0.1) is 0 Å². The zero-order valence-corrected chi connectivity index (χ0v) is 10.4. The molecule has 1 N–H and O–H groups in total. The fraction of sp³-hybridized carbons (Fsp3) is 0. The normalized spacial score (nSPS) is 11.2. The third-order valence-corrected chi connectivity index (χ3v) is 2.67. The Labute approximate surface area is 112 Å². The first-order chi connectivity index (χ1) is 9.27. The van der Waals surface area contributed by atoms with Crippen LogP contribution in [-0.2, 0) is 4.79 Å². The number of allylic oxidation sites excluding steroid dienone is 2. The van der Waals surface area contributed by atoms with Crippen molar-refractivity contribution in [3.8, 4) is 11.1 Å². The Bertz CT molecular complexity index is 610. The molecule has 94 valence electrons. The van der Waals surface area contributed by atoms with Crippen LogP contribution in [0, 0.1) is 0 Å². The van der Waals surface area contributed by atoms with E-state index in [1.807, 2.05) is 42.5 Å². The lowest BCUT2D eigenvalue weighted by molar-refractivity contribution is -0.131. The number of carbonyl (C=O) groups is 1. The zero-order valence-electron chi connectivity index (χ0n) is 10.4. The van der Waals surface area contributed by atoms with Crippen molar-refractivity contribution in [1.82, 2.24) is 0 Å². The molecule has 0 saturated carbocycles. The number of aliphatic carboxylic acids is 1. The van der Waals surface area contributed by atoms with Gasteiger partial charge in [0.25, 0.3) is 0 Å². The molecule has 0 radical (unpaired) electrons. The van der Waals surface area contributed by atoms with Crippen LogP contribution >= 0.6 is 0 Å². The maximum absolute atomic E-state index is 10.4. The standard InChI is InChI=1S/C17H14O2/c18-17(19)13-7-5-11-15-10-4-6-12-16(15)14-8-2-1-3-9-14/h1-13H,(H,18,19)/b11-5+,13-7+. The molecule has 0 heterocycles. The van der Waals surface area contributed by atoms with Gasteiger partial charge in [0.15, 0.2) is 0 Å². The van der Waals surface area contributed by atoms with Crippen LogP contribution in [0.2, 0.25) is 0 Å². The summed E-state index contributed by atoms with van der Waals surface area (Å²) in [5, 5.41) is 8.52. The van der Waals surface area contributed by atoms with Gasteiger partial charge in [-0.3, -0.25) is 0 Å². The lowest BCUT2D eigenvalue weighted by Gasteiger charge is -2.05. The lowest BCUT2D eigenvalue weighted by atomic mass is 9.99. The number of benzene rings is 2. The van der Waals surface area contributed by atoms with E-state index in [0.717, 1.165) is 22.8 Å². The summed E-state index contributed by atoms with van der Waals surface area (Å²) in [4.78, 5) is 10.4. The molecule has 0 saturated heterocycles. The molecule has 0 aliphatic heterocycles. The Hall–Kier alpha value is -2.61. The average Bonchev–Trinajstić information content (AvgIpc) is 2.45. The first kappa shape index (κ1) is 12.8. The maximum Gasteiger partial charge on any atom is 0.328 e. The van der Waals surface area contributed by atoms with Crippen LogP contribution in [0.25, 0.3) is 17.2 Å². The van der Waals surface area contributed by atoms with Gasteiger partial charge in [-0.05, 0) is 16.7 Å². The zero-order chi connectivity index (χ0) is 13.5. The van der Waals surface area contributed by atoms with Crippen molar-refractivity contribution >= 4 is 12.0 Å². The van der Waals surface area contributed by atoms with Crippen LogP contribution in [0.5, 0.6) is 0 Å². The van der Waals surface area contributed by atoms with Crippen molar-refractivity contribution in [2.75, 3.05) is 0 Å². The summed E-state index contributed by atoms with van der Waals surface area (Å²) < 4.78 is 0. The third kappa shape index (κ3) is 3.68. The van der Waals surface area contributed by atoms with Gasteiger partial charge in [0.1, 0.15) is 0 Å². The average molecular weight is 250 g/mol. The van der Waals surface area contributed by atoms with E-state index in [0.29, 0.717) is 0 Å². The summed E-state index contributed by atoms with van der Waals surface area (Å²) >= 11 is 0. The van der Waals surface area contributed by atoms with E-state index in [1.165, 1.54) is 6.08 Å². The van der Waals surface area contributed by atoms with Gasteiger partial charge in [0, 0.05) is 6.08 Å². The van der Waals surface area contributed by atoms with Crippen LogP contribution in [0.1, 0.15) is 5.56 Å². The predicted octanol–water partition coefficient (Wildman–Crippen LogP) is 4.01. The Kier molecular flexibility index (Phi) is 4.29. The number of hydrogen-bond acceptors (Lipinski definition) is 1. The molecular formula is C17H14O2. The van der Waals surface area contributed by atoms with E-state index in [4.69, 9.17) is 5.11 Å².